The smallest absolute Gasteiger partial charge is 0.138 e. The monoisotopic (exact) mass is 578 g/mol. The molecule has 0 spiro atoms. The summed E-state index contributed by atoms with van der Waals surface area (Å²) in [7, 11) is 0. The van der Waals surface area contributed by atoms with Crippen LogP contribution >= 0.6 is 0 Å². The third kappa shape index (κ3) is 7.82. The van der Waals surface area contributed by atoms with Gasteiger partial charge in [-0.1, -0.05) is 112 Å². The maximum atomic E-state index is 9.90. The average Bonchev–Trinajstić information content (AvgIpc) is 3.67. The first-order chi connectivity index (χ1) is 20.5. The summed E-state index contributed by atoms with van der Waals surface area (Å²) in [4.78, 5) is 1.84. The summed E-state index contributed by atoms with van der Waals surface area (Å²) >= 11 is 0. The quantitative estimate of drug-likeness (QED) is 0.358. The highest BCUT2D eigenvalue weighted by Crippen LogP contribution is 2.57. The maximum Gasteiger partial charge on any atom is 0.138 e. The number of rotatable bonds is 6. The van der Waals surface area contributed by atoms with Crippen LogP contribution in [0.4, 0.5) is 5.69 Å². The molecule has 1 unspecified atom stereocenters. The number of nitrogens with zero attached hydrogens (tertiary/aromatic N) is 2. The average molecular weight is 579 g/mol. The Morgan fingerprint density at radius 3 is 2.07 bits per heavy atom. The zero-order valence-electron chi connectivity index (χ0n) is 28.2. The molecule has 1 heterocycles. The molecule has 0 aromatic heterocycles. The van der Waals surface area contributed by atoms with Crippen molar-refractivity contribution < 1.29 is 0 Å². The Morgan fingerprint density at radius 1 is 1.00 bits per heavy atom. The third-order valence-corrected chi connectivity index (χ3v) is 8.25. The van der Waals surface area contributed by atoms with Crippen LogP contribution in [0, 0.1) is 39.9 Å². The molecule has 1 aliphatic carbocycles. The molecule has 4 rings (SSSR count). The standard InChI is InChI=1S/C35H42N4.2C2H6/c1-8-11-29-24(6)14-15-28-20-35(28,7)31-13-10-9-12-30(31)34(38)39(33(29)37)32-26(16-22(2)3)18-25(21-36)19-27(32)17-23(4)5;2*1-2/h8-13,18-19,22-23,28,37-38H,1,6,14-17,20H2,2-5,7H3;2*1-2H3/b29-11+,37-33?,38-34?;;/t28-,35?;;/m0../s1. The van der Waals surface area contributed by atoms with Crippen molar-refractivity contribution in [3.8, 4) is 6.07 Å². The number of anilines is 1. The predicted molar refractivity (Wildman–Crippen MR) is 187 cm³/mol. The van der Waals surface area contributed by atoms with Crippen LogP contribution in [0.15, 0.2) is 72.9 Å². The van der Waals surface area contributed by atoms with Crippen molar-refractivity contribution >= 4 is 17.4 Å². The molecule has 1 fully saturated rings. The fourth-order valence-corrected chi connectivity index (χ4v) is 6.24. The molecule has 1 aliphatic heterocycles. The van der Waals surface area contributed by atoms with Crippen LogP contribution in [0.25, 0.3) is 0 Å². The van der Waals surface area contributed by atoms with Gasteiger partial charge in [-0.15, -0.1) is 0 Å². The van der Waals surface area contributed by atoms with Crippen LogP contribution < -0.4 is 4.90 Å². The fourth-order valence-electron chi connectivity index (χ4n) is 6.24. The Kier molecular flexibility index (Phi) is 12.9. The molecule has 43 heavy (non-hydrogen) atoms. The van der Waals surface area contributed by atoms with Gasteiger partial charge >= 0.3 is 0 Å². The Bertz CT molecular complexity index is 1370. The summed E-state index contributed by atoms with van der Waals surface area (Å²) in [6, 6.07) is 14.6. The van der Waals surface area contributed by atoms with Crippen molar-refractivity contribution in [3.05, 3.63) is 101 Å². The van der Waals surface area contributed by atoms with Gasteiger partial charge in [0.25, 0.3) is 0 Å². The normalized spacial score (nSPS) is 20.6. The van der Waals surface area contributed by atoms with Gasteiger partial charge in [-0.2, -0.15) is 5.26 Å². The van der Waals surface area contributed by atoms with E-state index in [1.165, 1.54) is 5.56 Å². The van der Waals surface area contributed by atoms with Gasteiger partial charge in [-0.05, 0) is 89.7 Å². The Balaban J connectivity index is 0.00000155. The van der Waals surface area contributed by atoms with E-state index < -0.39 is 0 Å². The summed E-state index contributed by atoms with van der Waals surface area (Å²) in [6.07, 6.45) is 7.98. The maximum absolute atomic E-state index is 9.90. The van der Waals surface area contributed by atoms with E-state index in [1.54, 1.807) is 6.08 Å². The minimum atomic E-state index is 0.00980. The molecule has 230 valence electrons. The van der Waals surface area contributed by atoms with Gasteiger partial charge in [-0.3, -0.25) is 15.7 Å². The first kappa shape index (κ1) is 35.5. The highest BCUT2D eigenvalue weighted by atomic mass is 15.2. The molecule has 2 atom stereocenters. The van der Waals surface area contributed by atoms with Gasteiger partial charge in [-0.25, -0.2) is 0 Å². The topological polar surface area (TPSA) is 74.7 Å². The lowest BCUT2D eigenvalue weighted by Gasteiger charge is -2.33. The van der Waals surface area contributed by atoms with Crippen LogP contribution in [0.3, 0.4) is 0 Å². The molecule has 0 bridgehead atoms. The van der Waals surface area contributed by atoms with E-state index in [0.717, 1.165) is 60.1 Å². The van der Waals surface area contributed by atoms with Crippen molar-refractivity contribution in [1.82, 2.24) is 0 Å². The van der Waals surface area contributed by atoms with Gasteiger partial charge in [0.2, 0.25) is 0 Å². The molecule has 0 amide bonds. The minimum absolute atomic E-state index is 0.00980. The number of nitriles is 1. The highest BCUT2D eigenvalue weighted by Gasteiger charge is 2.52. The molecule has 0 radical (unpaired) electrons. The summed E-state index contributed by atoms with van der Waals surface area (Å²) in [5.41, 5.74) is 7.17. The van der Waals surface area contributed by atoms with E-state index >= 15 is 0 Å². The number of allylic oxidation sites excluding steroid dienone is 2. The van der Waals surface area contributed by atoms with Gasteiger partial charge < -0.3 is 0 Å². The van der Waals surface area contributed by atoms with Crippen LogP contribution in [0.2, 0.25) is 0 Å². The van der Waals surface area contributed by atoms with Crippen molar-refractivity contribution in [1.29, 1.82) is 16.1 Å². The van der Waals surface area contributed by atoms with E-state index in [-0.39, 0.29) is 11.3 Å². The number of amidine groups is 2. The van der Waals surface area contributed by atoms with E-state index in [9.17, 15) is 16.1 Å². The summed E-state index contributed by atoms with van der Waals surface area (Å²) in [5, 5.41) is 29.3. The van der Waals surface area contributed by atoms with Crippen LogP contribution in [-0.4, -0.2) is 11.7 Å². The van der Waals surface area contributed by atoms with Gasteiger partial charge in [0.05, 0.1) is 17.3 Å². The van der Waals surface area contributed by atoms with Gasteiger partial charge in [0, 0.05) is 11.1 Å². The lowest BCUT2D eigenvalue weighted by molar-refractivity contribution is 0.613. The lowest BCUT2D eigenvalue weighted by Crippen LogP contribution is -2.40. The molecule has 2 aromatic carbocycles. The summed E-state index contributed by atoms with van der Waals surface area (Å²) in [5.74, 6) is 1.74. The molecule has 2 aromatic rings. The van der Waals surface area contributed by atoms with Crippen molar-refractivity contribution in [2.75, 3.05) is 4.90 Å². The van der Waals surface area contributed by atoms with Gasteiger partial charge in [0.15, 0.2) is 0 Å². The zero-order valence-corrected chi connectivity index (χ0v) is 28.2. The summed E-state index contributed by atoms with van der Waals surface area (Å²) in [6.45, 7) is 27.4. The van der Waals surface area contributed by atoms with Gasteiger partial charge in [0.1, 0.15) is 11.7 Å². The molecule has 0 saturated heterocycles. The van der Waals surface area contributed by atoms with Crippen molar-refractivity contribution in [2.45, 2.75) is 99.8 Å². The number of fused-ring (bicyclic) bond motifs is 3. The molecule has 2 aliphatic rings. The van der Waals surface area contributed by atoms with E-state index in [1.807, 2.05) is 62.9 Å². The molecular weight excluding hydrogens is 524 g/mol. The fraction of sp³-hybridized carbons (Fsp3) is 0.462. The Hall–Kier alpha value is -3.71. The van der Waals surface area contributed by atoms with E-state index in [0.29, 0.717) is 34.7 Å². The van der Waals surface area contributed by atoms with E-state index in [4.69, 9.17) is 0 Å². The number of benzene rings is 2. The second kappa shape index (κ2) is 15.7. The Labute approximate surface area is 262 Å². The Morgan fingerprint density at radius 2 is 1.56 bits per heavy atom. The first-order valence-electron chi connectivity index (χ1n) is 16.2. The van der Waals surface area contributed by atoms with Crippen LogP contribution in [0.1, 0.15) is 109 Å². The molecule has 4 nitrogen and oxygen atoms in total. The molecule has 2 N–H and O–H groups in total. The zero-order chi connectivity index (χ0) is 32.5. The minimum Gasteiger partial charge on any atom is -0.283 e. The number of hydrogen-bond donors (Lipinski definition) is 2. The molecule has 1 saturated carbocycles. The van der Waals surface area contributed by atoms with Crippen molar-refractivity contribution in [2.24, 2.45) is 17.8 Å². The highest BCUT2D eigenvalue weighted by molar-refractivity contribution is 6.29. The third-order valence-electron chi connectivity index (χ3n) is 8.25. The molecule has 4 heteroatoms. The predicted octanol–water partition coefficient (Wildman–Crippen LogP) is 10.6. The van der Waals surface area contributed by atoms with Crippen LogP contribution in [-0.2, 0) is 18.3 Å². The second-order valence-electron chi connectivity index (χ2n) is 12.3. The second-order valence-corrected chi connectivity index (χ2v) is 12.3. The first-order valence-corrected chi connectivity index (χ1v) is 16.2. The van der Waals surface area contributed by atoms with Crippen LogP contribution in [0.5, 0.6) is 0 Å². The lowest BCUT2D eigenvalue weighted by atomic mass is 9.88. The van der Waals surface area contributed by atoms with E-state index in [2.05, 4.69) is 66.0 Å². The summed E-state index contributed by atoms with van der Waals surface area (Å²) < 4.78 is 0. The number of nitrogens with one attached hydrogen (secondary N) is 2. The molecular formula is C39H54N4. The largest absolute Gasteiger partial charge is 0.283 e. The van der Waals surface area contributed by atoms with Crippen molar-refractivity contribution in [3.63, 3.8) is 0 Å². The number of hydrogen-bond acceptors (Lipinski definition) is 3. The SMILES string of the molecule is C=C/C=C1\C(=C)CC[C@H]2CC2(C)c2ccccc2C(=N)N(c2c(CC(C)C)cc(C#N)cc2CC(C)C)C1=N.CC.CC.